The number of carbonyl (C=O) groups excluding carboxylic acids is 1. The molecule has 0 bridgehead atoms. The van der Waals surface area contributed by atoms with Crippen LogP contribution in [0.1, 0.15) is 37.7 Å². The zero-order chi connectivity index (χ0) is 15.5. The van der Waals surface area contributed by atoms with E-state index < -0.39 is 6.10 Å². The highest BCUT2D eigenvalue weighted by atomic mass is 16.3. The zero-order valence-corrected chi connectivity index (χ0v) is 12.6. The Balaban J connectivity index is 1.96. The minimum atomic E-state index is -0.458. The van der Waals surface area contributed by atoms with Gasteiger partial charge in [0.05, 0.1) is 23.3 Å². The summed E-state index contributed by atoms with van der Waals surface area (Å²) >= 11 is 0. The number of nitrogens with one attached hydrogen (secondary N) is 1. The van der Waals surface area contributed by atoms with E-state index in [1.165, 1.54) is 6.20 Å². The molecule has 0 aliphatic carbocycles. The van der Waals surface area contributed by atoms with E-state index in [2.05, 4.69) is 15.3 Å². The Morgan fingerprint density at radius 2 is 1.95 bits per heavy atom. The van der Waals surface area contributed by atoms with E-state index in [1.54, 1.807) is 0 Å². The number of nitrogens with zero attached hydrogens (tertiary/aromatic N) is 2. The summed E-state index contributed by atoms with van der Waals surface area (Å²) < 4.78 is 0. The van der Waals surface area contributed by atoms with Gasteiger partial charge >= 0.3 is 0 Å². The molecule has 2 rings (SSSR count). The van der Waals surface area contributed by atoms with Crippen molar-refractivity contribution >= 4 is 16.9 Å². The van der Waals surface area contributed by atoms with Crippen molar-refractivity contribution in [3.63, 3.8) is 0 Å². The highest BCUT2D eigenvalue weighted by Crippen LogP contribution is 2.20. The van der Waals surface area contributed by atoms with Gasteiger partial charge in [0.2, 0.25) is 0 Å². The molecule has 1 aromatic carbocycles. The molecule has 1 aromatic heterocycles. The Labute approximate surface area is 124 Å². The van der Waals surface area contributed by atoms with Crippen LogP contribution >= 0.6 is 0 Å². The van der Waals surface area contributed by atoms with E-state index in [-0.39, 0.29) is 11.3 Å². The van der Waals surface area contributed by atoms with Crippen LogP contribution in [-0.2, 0) is 0 Å². The molecule has 112 valence electrons. The fourth-order valence-electron chi connectivity index (χ4n) is 1.91. The lowest BCUT2D eigenvalue weighted by Gasteiger charge is -2.25. The number of fused-ring (bicyclic) bond motifs is 1. The van der Waals surface area contributed by atoms with Crippen molar-refractivity contribution in [2.24, 2.45) is 5.41 Å². The Morgan fingerprint density at radius 3 is 2.62 bits per heavy atom. The molecule has 0 aliphatic rings. The van der Waals surface area contributed by atoms with Crippen molar-refractivity contribution in [1.29, 1.82) is 0 Å². The van der Waals surface area contributed by atoms with Crippen LogP contribution in [0.4, 0.5) is 0 Å². The first-order valence-electron chi connectivity index (χ1n) is 7.06. The maximum Gasteiger partial charge on any atom is 0.271 e. The standard InChI is InChI=1S/C16H21N3O2/c1-16(2,3)14(20)8-9-17-15(21)13-10-18-11-6-4-5-7-12(11)19-13/h4-7,10,14,20H,8-9H2,1-3H3,(H,17,21)/t14-/m1/s1. The van der Waals surface area contributed by atoms with Gasteiger partial charge in [-0.1, -0.05) is 32.9 Å². The predicted octanol–water partition coefficient (Wildman–Crippen LogP) is 2.16. The van der Waals surface area contributed by atoms with Crippen LogP contribution in [0.15, 0.2) is 30.5 Å². The third kappa shape index (κ3) is 3.98. The first kappa shape index (κ1) is 15.4. The summed E-state index contributed by atoms with van der Waals surface area (Å²) in [6.45, 7) is 6.31. The largest absolute Gasteiger partial charge is 0.393 e. The number of hydrogen-bond donors (Lipinski definition) is 2. The van der Waals surface area contributed by atoms with Crippen LogP contribution in [0.5, 0.6) is 0 Å². The van der Waals surface area contributed by atoms with Gasteiger partial charge in [-0.15, -0.1) is 0 Å². The monoisotopic (exact) mass is 287 g/mol. The van der Waals surface area contributed by atoms with Crippen molar-refractivity contribution in [2.45, 2.75) is 33.3 Å². The van der Waals surface area contributed by atoms with Crippen molar-refractivity contribution in [2.75, 3.05) is 6.54 Å². The summed E-state index contributed by atoms with van der Waals surface area (Å²) in [6, 6.07) is 7.41. The molecule has 1 heterocycles. The maximum atomic E-state index is 12.0. The lowest BCUT2D eigenvalue weighted by molar-refractivity contribution is 0.0550. The lowest BCUT2D eigenvalue weighted by Crippen LogP contribution is -2.32. The molecular weight excluding hydrogens is 266 g/mol. The van der Waals surface area contributed by atoms with E-state index >= 15 is 0 Å². The van der Waals surface area contributed by atoms with Crippen LogP contribution in [-0.4, -0.2) is 33.6 Å². The molecule has 0 unspecified atom stereocenters. The maximum absolute atomic E-state index is 12.0. The number of amides is 1. The van der Waals surface area contributed by atoms with Gasteiger partial charge in [-0.05, 0) is 24.0 Å². The summed E-state index contributed by atoms with van der Waals surface area (Å²) in [4.78, 5) is 20.5. The zero-order valence-electron chi connectivity index (χ0n) is 12.6. The van der Waals surface area contributed by atoms with Crippen molar-refractivity contribution in [3.05, 3.63) is 36.2 Å². The van der Waals surface area contributed by atoms with E-state index in [9.17, 15) is 9.90 Å². The average Bonchev–Trinajstić information content (AvgIpc) is 2.45. The number of rotatable bonds is 4. The van der Waals surface area contributed by atoms with Gasteiger partial charge in [-0.3, -0.25) is 9.78 Å². The molecule has 0 saturated carbocycles. The number of aromatic nitrogens is 2. The van der Waals surface area contributed by atoms with Crippen molar-refractivity contribution < 1.29 is 9.90 Å². The normalized spacial score (nSPS) is 13.1. The Bertz CT molecular complexity index is 635. The number of carbonyl (C=O) groups is 1. The van der Waals surface area contributed by atoms with Gasteiger partial charge in [-0.2, -0.15) is 0 Å². The third-order valence-corrected chi connectivity index (χ3v) is 3.38. The first-order chi connectivity index (χ1) is 9.88. The molecule has 0 radical (unpaired) electrons. The number of hydrogen-bond acceptors (Lipinski definition) is 4. The number of benzene rings is 1. The van der Waals surface area contributed by atoms with Crippen LogP contribution in [0.2, 0.25) is 0 Å². The summed E-state index contributed by atoms with van der Waals surface area (Å²) in [5, 5.41) is 12.7. The Kier molecular flexibility index (Phi) is 4.53. The molecule has 0 fully saturated rings. The second kappa shape index (κ2) is 6.18. The predicted molar refractivity (Wildman–Crippen MR) is 82.0 cm³/mol. The molecule has 5 heteroatoms. The number of para-hydroxylation sites is 2. The average molecular weight is 287 g/mol. The van der Waals surface area contributed by atoms with Gasteiger partial charge in [0, 0.05) is 6.54 Å². The fourth-order valence-corrected chi connectivity index (χ4v) is 1.91. The van der Waals surface area contributed by atoms with Crippen LogP contribution in [0, 0.1) is 5.41 Å². The summed E-state index contributed by atoms with van der Waals surface area (Å²) in [5.41, 5.74) is 1.56. The molecule has 0 spiro atoms. The minimum absolute atomic E-state index is 0.187. The fraction of sp³-hybridized carbons (Fsp3) is 0.438. The molecule has 1 atom stereocenters. The lowest BCUT2D eigenvalue weighted by atomic mass is 9.87. The Hall–Kier alpha value is -2.01. The summed E-state index contributed by atoms with van der Waals surface area (Å²) in [7, 11) is 0. The quantitative estimate of drug-likeness (QED) is 0.903. The SMILES string of the molecule is CC(C)(C)[C@H](O)CCNC(=O)c1cnc2ccccc2n1. The van der Waals surface area contributed by atoms with E-state index in [0.29, 0.717) is 24.2 Å². The highest BCUT2D eigenvalue weighted by molar-refractivity contribution is 5.93. The smallest absolute Gasteiger partial charge is 0.271 e. The van der Waals surface area contributed by atoms with Crippen LogP contribution in [0.3, 0.4) is 0 Å². The topological polar surface area (TPSA) is 75.1 Å². The van der Waals surface area contributed by atoms with Crippen molar-refractivity contribution in [3.8, 4) is 0 Å². The third-order valence-electron chi connectivity index (χ3n) is 3.38. The summed E-state index contributed by atoms with van der Waals surface area (Å²) in [5.74, 6) is -0.269. The van der Waals surface area contributed by atoms with Gasteiger partial charge in [-0.25, -0.2) is 4.98 Å². The molecular formula is C16H21N3O2. The first-order valence-corrected chi connectivity index (χ1v) is 7.06. The van der Waals surface area contributed by atoms with E-state index in [0.717, 1.165) is 5.52 Å². The van der Waals surface area contributed by atoms with Gasteiger partial charge in [0.15, 0.2) is 0 Å². The molecule has 1 amide bonds. The number of aliphatic hydroxyl groups is 1. The second-order valence-corrected chi connectivity index (χ2v) is 6.17. The number of aliphatic hydroxyl groups excluding tert-OH is 1. The minimum Gasteiger partial charge on any atom is -0.393 e. The second-order valence-electron chi connectivity index (χ2n) is 6.17. The van der Waals surface area contributed by atoms with Crippen LogP contribution in [0.25, 0.3) is 11.0 Å². The molecule has 2 N–H and O–H groups in total. The van der Waals surface area contributed by atoms with E-state index in [1.807, 2.05) is 45.0 Å². The summed E-state index contributed by atoms with van der Waals surface area (Å²) in [6.07, 6.45) is 1.52. The van der Waals surface area contributed by atoms with Gasteiger partial charge < -0.3 is 10.4 Å². The Morgan fingerprint density at radius 1 is 1.29 bits per heavy atom. The van der Waals surface area contributed by atoms with Crippen LogP contribution < -0.4 is 5.32 Å². The van der Waals surface area contributed by atoms with E-state index in [4.69, 9.17) is 0 Å². The molecule has 0 saturated heterocycles. The van der Waals surface area contributed by atoms with Gasteiger partial charge in [0.25, 0.3) is 5.91 Å². The molecule has 21 heavy (non-hydrogen) atoms. The highest BCUT2D eigenvalue weighted by Gasteiger charge is 2.21. The molecule has 5 nitrogen and oxygen atoms in total. The van der Waals surface area contributed by atoms with Crippen molar-refractivity contribution in [1.82, 2.24) is 15.3 Å². The molecule has 0 aliphatic heterocycles. The van der Waals surface area contributed by atoms with Gasteiger partial charge in [0.1, 0.15) is 5.69 Å². The molecule has 2 aromatic rings.